The number of hydrogen-bond acceptors (Lipinski definition) is 11. The van der Waals surface area contributed by atoms with Crippen molar-refractivity contribution in [1.29, 1.82) is 0 Å². The van der Waals surface area contributed by atoms with Gasteiger partial charge in [-0.1, -0.05) is 12.1 Å². The number of carbonyl (C=O) groups is 3. The van der Waals surface area contributed by atoms with Gasteiger partial charge in [-0.2, -0.15) is 0 Å². The molecule has 0 aliphatic rings. The van der Waals surface area contributed by atoms with Crippen LogP contribution in [0.3, 0.4) is 0 Å². The first-order valence-corrected chi connectivity index (χ1v) is 15.3. The normalized spacial score (nSPS) is 10.5. The van der Waals surface area contributed by atoms with Crippen molar-refractivity contribution in [2.75, 3.05) is 26.4 Å². The predicted molar refractivity (Wildman–Crippen MR) is 177 cm³/mol. The second-order valence-corrected chi connectivity index (χ2v) is 10.7. The van der Waals surface area contributed by atoms with Gasteiger partial charge in [-0.05, 0) is 116 Å². The van der Waals surface area contributed by atoms with E-state index in [0.29, 0.717) is 76.1 Å². The molecule has 2 N–H and O–H groups in total. The van der Waals surface area contributed by atoms with Crippen molar-refractivity contribution in [3.8, 4) is 28.7 Å². The monoisotopic (exact) mass is 656 g/mol. The maximum atomic E-state index is 12.9. The van der Waals surface area contributed by atoms with E-state index < -0.39 is 19.1 Å². The van der Waals surface area contributed by atoms with Crippen LogP contribution in [0.1, 0.15) is 51.6 Å². The molecule has 48 heavy (non-hydrogen) atoms. The summed E-state index contributed by atoms with van der Waals surface area (Å²) in [5.41, 5.74) is 2.34. The van der Waals surface area contributed by atoms with Crippen molar-refractivity contribution in [3.05, 3.63) is 107 Å². The Morgan fingerprint density at radius 1 is 0.562 bits per heavy atom. The lowest BCUT2D eigenvalue weighted by Crippen LogP contribution is -2.29. The van der Waals surface area contributed by atoms with Crippen LogP contribution in [-0.4, -0.2) is 61.5 Å². The fourth-order valence-electron chi connectivity index (χ4n) is 4.35. The highest BCUT2D eigenvalue weighted by atomic mass is 16.5. The Balaban J connectivity index is 1.23. The highest BCUT2D eigenvalue weighted by molar-refractivity contribution is 6.58. The fraction of sp³-hybridized carbons (Fsp3) is 0.250. The lowest BCUT2D eigenvalue weighted by atomic mass is 9.80. The molecule has 0 saturated carbocycles. The topological polar surface area (TPSA) is 147 Å². The molecule has 4 aromatic rings. The minimum atomic E-state index is -1.53. The number of ether oxygens (including phenoxy) is 6. The number of hydrogen-bond donors (Lipinski definition) is 2. The number of esters is 3. The Morgan fingerprint density at radius 2 is 0.958 bits per heavy atom. The maximum Gasteiger partial charge on any atom is 0.488 e. The van der Waals surface area contributed by atoms with Crippen LogP contribution in [0.25, 0.3) is 0 Å². The van der Waals surface area contributed by atoms with Crippen molar-refractivity contribution in [2.45, 2.75) is 33.6 Å². The van der Waals surface area contributed by atoms with Crippen LogP contribution in [0.2, 0.25) is 0 Å². The lowest BCUT2D eigenvalue weighted by molar-refractivity contribution is -0.141. The summed E-state index contributed by atoms with van der Waals surface area (Å²) >= 11 is 0. The molecule has 250 valence electrons. The minimum absolute atomic E-state index is 0.255. The van der Waals surface area contributed by atoms with E-state index in [4.69, 9.17) is 38.5 Å². The Hall–Kier alpha value is -5.33. The van der Waals surface area contributed by atoms with Crippen LogP contribution in [0.5, 0.6) is 28.7 Å². The zero-order valence-electron chi connectivity index (χ0n) is 27.0. The van der Waals surface area contributed by atoms with Gasteiger partial charge in [0, 0.05) is 6.92 Å². The molecule has 0 aliphatic carbocycles. The Bertz CT molecular complexity index is 1670. The van der Waals surface area contributed by atoms with Gasteiger partial charge in [0.2, 0.25) is 0 Å². The van der Waals surface area contributed by atoms with Gasteiger partial charge in [-0.25, -0.2) is 9.59 Å². The van der Waals surface area contributed by atoms with E-state index >= 15 is 0 Å². The minimum Gasteiger partial charge on any atom is -0.494 e. The molecule has 0 radical (unpaired) electrons. The van der Waals surface area contributed by atoms with Crippen LogP contribution in [0.4, 0.5) is 0 Å². The molecule has 0 aromatic heterocycles. The summed E-state index contributed by atoms with van der Waals surface area (Å²) in [5, 5.41) is 18.3. The van der Waals surface area contributed by atoms with Crippen molar-refractivity contribution >= 4 is 30.5 Å². The van der Waals surface area contributed by atoms with E-state index in [1.807, 2.05) is 0 Å². The summed E-state index contributed by atoms with van der Waals surface area (Å²) in [5.74, 6) is 1.00. The largest absolute Gasteiger partial charge is 0.494 e. The van der Waals surface area contributed by atoms with Gasteiger partial charge in [0.05, 0.1) is 24.3 Å². The van der Waals surface area contributed by atoms with E-state index in [2.05, 4.69) is 0 Å². The fourth-order valence-corrected chi connectivity index (χ4v) is 4.35. The summed E-state index contributed by atoms with van der Waals surface area (Å²) in [6, 6.07) is 22.7. The molecule has 0 unspecified atom stereocenters. The van der Waals surface area contributed by atoms with E-state index in [-0.39, 0.29) is 19.2 Å². The zero-order chi connectivity index (χ0) is 34.5. The van der Waals surface area contributed by atoms with Crippen molar-refractivity contribution in [3.63, 3.8) is 0 Å². The average Bonchev–Trinajstić information content (AvgIpc) is 3.08. The Kier molecular flexibility index (Phi) is 13.0. The standard InChI is InChI=1S/C36H37BO11/c1-24-25(2)34(19-18-33(24)47-35(39)27-6-12-30(13-7-27)44-21-5-4-20-43-26(3)38)48-36(40)28-8-14-31(15-9-28)45-22-23-46-32-16-10-29(11-17-32)37(41)42/h6-19,41-42H,4-5,20-23H2,1-3H3. The molecule has 0 bridgehead atoms. The van der Waals surface area contributed by atoms with Crippen molar-refractivity contribution in [1.82, 2.24) is 0 Å². The maximum absolute atomic E-state index is 12.9. The third-order valence-corrected chi connectivity index (χ3v) is 7.18. The van der Waals surface area contributed by atoms with Gasteiger partial charge >= 0.3 is 25.0 Å². The smallest absolute Gasteiger partial charge is 0.488 e. The summed E-state index contributed by atoms with van der Waals surface area (Å²) in [6.45, 7) is 6.25. The molecule has 0 fully saturated rings. The Labute approximate surface area is 279 Å². The molecule has 0 atom stereocenters. The highest BCUT2D eigenvalue weighted by Gasteiger charge is 2.17. The van der Waals surface area contributed by atoms with Crippen LogP contribution in [0.15, 0.2) is 84.9 Å². The molecule has 11 nitrogen and oxygen atoms in total. The van der Waals surface area contributed by atoms with Gasteiger partial charge < -0.3 is 38.5 Å². The summed E-state index contributed by atoms with van der Waals surface area (Å²) in [7, 11) is -1.53. The lowest BCUT2D eigenvalue weighted by Gasteiger charge is -2.14. The van der Waals surface area contributed by atoms with E-state index in [0.717, 1.165) is 6.42 Å². The van der Waals surface area contributed by atoms with Crippen LogP contribution < -0.4 is 29.1 Å². The number of benzene rings is 4. The molecular formula is C36H37BO11. The second-order valence-electron chi connectivity index (χ2n) is 10.7. The predicted octanol–water partition coefficient (Wildman–Crippen LogP) is 4.60. The van der Waals surface area contributed by atoms with Crippen molar-refractivity contribution in [2.24, 2.45) is 0 Å². The third kappa shape index (κ3) is 10.6. The molecule has 0 heterocycles. The Morgan fingerprint density at radius 3 is 1.38 bits per heavy atom. The van der Waals surface area contributed by atoms with E-state index in [1.54, 1.807) is 98.8 Å². The first-order valence-electron chi connectivity index (χ1n) is 15.3. The summed E-state index contributed by atoms with van der Waals surface area (Å²) in [6.07, 6.45) is 1.42. The first-order chi connectivity index (χ1) is 23.1. The molecule has 0 saturated heterocycles. The van der Waals surface area contributed by atoms with E-state index in [1.165, 1.54) is 6.92 Å². The summed E-state index contributed by atoms with van der Waals surface area (Å²) in [4.78, 5) is 36.5. The molecule has 0 aliphatic heterocycles. The van der Waals surface area contributed by atoms with Crippen LogP contribution in [-0.2, 0) is 9.53 Å². The third-order valence-electron chi connectivity index (χ3n) is 7.18. The molecule has 0 amide bonds. The quantitative estimate of drug-likeness (QED) is 0.0755. The molecule has 4 rings (SSSR count). The van der Waals surface area contributed by atoms with Crippen LogP contribution >= 0.6 is 0 Å². The van der Waals surface area contributed by atoms with Gasteiger partial charge in [0.25, 0.3) is 0 Å². The summed E-state index contributed by atoms with van der Waals surface area (Å²) < 4.78 is 33.1. The van der Waals surface area contributed by atoms with Gasteiger partial charge in [-0.3, -0.25) is 4.79 Å². The SMILES string of the molecule is CC(=O)OCCCCOc1ccc(C(=O)Oc2ccc(OC(=O)c3ccc(OCCOc4ccc(B(O)O)cc4)cc3)c(C)c2C)cc1. The van der Waals surface area contributed by atoms with Gasteiger partial charge in [-0.15, -0.1) is 0 Å². The van der Waals surface area contributed by atoms with E-state index in [9.17, 15) is 14.4 Å². The first kappa shape index (κ1) is 35.5. The molecule has 4 aromatic carbocycles. The molecular weight excluding hydrogens is 619 g/mol. The average molecular weight is 656 g/mol. The highest BCUT2D eigenvalue weighted by Crippen LogP contribution is 2.30. The van der Waals surface area contributed by atoms with Crippen molar-refractivity contribution < 1.29 is 52.9 Å². The number of carbonyl (C=O) groups excluding carboxylic acids is 3. The second kappa shape index (κ2) is 17.6. The molecule has 12 heteroatoms. The molecule has 0 spiro atoms. The number of rotatable bonds is 16. The van der Waals surface area contributed by atoms with Crippen LogP contribution in [0, 0.1) is 13.8 Å². The number of unbranched alkanes of at least 4 members (excludes halogenated alkanes) is 1. The van der Waals surface area contributed by atoms with Gasteiger partial charge in [0.1, 0.15) is 42.0 Å². The zero-order valence-corrected chi connectivity index (χ0v) is 27.0. The van der Waals surface area contributed by atoms with Gasteiger partial charge in [0.15, 0.2) is 0 Å².